The third-order valence-corrected chi connectivity index (χ3v) is 1.45. The van der Waals surface area contributed by atoms with Gasteiger partial charge < -0.3 is 9.94 Å². The number of rotatable bonds is 3. The van der Waals surface area contributed by atoms with E-state index >= 15 is 0 Å². The molecule has 2 N–H and O–H groups in total. The Morgan fingerprint density at radius 2 is 2.23 bits per heavy atom. The van der Waals surface area contributed by atoms with Crippen molar-refractivity contribution in [2.75, 3.05) is 0 Å². The summed E-state index contributed by atoms with van der Waals surface area (Å²) in [5, 5.41) is 8.89. The zero-order valence-electron chi connectivity index (χ0n) is 7.28. The SMILES string of the molecule is CC(=O)NOc1ccccc1CO. The van der Waals surface area contributed by atoms with Crippen LogP contribution in [0.5, 0.6) is 5.75 Å². The lowest BCUT2D eigenvalue weighted by molar-refractivity contribution is -0.125. The van der Waals surface area contributed by atoms with Crippen LogP contribution in [0.1, 0.15) is 12.5 Å². The highest BCUT2D eigenvalue weighted by atomic mass is 16.7. The van der Waals surface area contributed by atoms with Gasteiger partial charge in [-0.3, -0.25) is 4.79 Å². The number of carbonyl (C=O) groups is 1. The maximum absolute atomic E-state index is 10.5. The predicted molar refractivity (Wildman–Crippen MR) is 46.8 cm³/mol. The summed E-state index contributed by atoms with van der Waals surface area (Å²) in [5.41, 5.74) is 2.82. The first kappa shape index (κ1) is 9.54. The van der Waals surface area contributed by atoms with E-state index in [0.717, 1.165) is 0 Å². The number of aliphatic hydroxyl groups excluding tert-OH is 1. The Hall–Kier alpha value is -1.55. The normalized spacial score (nSPS) is 9.38. The van der Waals surface area contributed by atoms with E-state index in [1.165, 1.54) is 6.92 Å². The molecule has 1 rings (SSSR count). The highest BCUT2D eigenvalue weighted by Gasteiger charge is 2.01. The second-order valence-electron chi connectivity index (χ2n) is 2.53. The van der Waals surface area contributed by atoms with Crippen molar-refractivity contribution in [2.45, 2.75) is 13.5 Å². The van der Waals surface area contributed by atoms with Crippen molar-refractivity contribution in [3.8, 4) is 5.75 Å². The van der Waals surface area contributed by atoms with Crippen molar-refractivity contribution in [3.63, 3.8) is 0 Å². The van der Waals surface area contributed by atoms with Gasteiger partial charge in [0.05, 0.1) is 6.61 Å². The van der Waals surface area contributed by atoms with Crippen molar-refractivity contribution >= 4 is 5.91 Å². The Morgan fingerprint density at radius 3 is 2.85 bits per heavy atom. The second-order valence-corrected chi connectivity index (χ2v) is 2.53. The zero-order valence-corrected chi connectivity index (χ0v) is 7.28. The average molecular weight is 181 g/mol. The van der Waals surface area contributed by atoms with Crippen LogP contribution in [-0.2, 0) is 11.4 Å². The molecule has 70 valence electrons. The third kappa shape index (κ3) is 2.76. The van der Waals surface area contributed by atoms with E-state index in [1.54, 1.807) is 24.3 Å². The molecule has 0 saturated carbocycles. The largest absolute Gasteiger partial charge is 0.392 e. The van der Waals surface area contributed by atoms with Crippen LogP contribution in [0.4, 0.5) is 0 Å². The lowest BCUT2D eigenvalue weighted by Crippen LogP contribution is -2.24. The van der Waals surface area contributed by atoms with Gasteiger partial charge in [0.1, 0.15) is 0 Å². The fourth-order valence-corrected chi connectivity index (χ4v) is 0.861. The molecule has 0 aliphatic rings. The Kier molecular flexibility index (Phi) is 3.28. The Morgan fingerprint density at radius 1 is 1.54 bits per heavy atom. The van der Waals surface area contributed by atoms with Crippen molar-refractivity contribution in [2.24, 2.45) is 0 Å². The molecule has 0 atom stereocenters. The number of hydrogen-bond donors (Lipinski definition) is 2. The van der Waals surface area contributed by atoms with E-state index in [0.29, 0.717) is 11.3 Å². The van der Waals surface area contributed by atoms with Gasteiger partial charge in [-0.05, 0) is 6.07 Å². The predicted octanol–water partition coefficient (Wildman–Crippen LogP) is 0.609. The molecule has 0 radical (unpaired) electrons. The quantitative estimate of drug-likeness (QED) is 0.671. The number of para-hydroxylation sites is 1. The number of carbonyl (C=O) groups excluding carboxylic acids is 1. The van der Waals surface area contributed by atoms with Gasteiger partial charge in [-0.15, -0.1) is 0 Å². The van der Waals surface area contributed by atoms with Crippen LogP contribution in [0.2, 0.25) is 0 Å². The van der Waals surface area contributed by atoms with Crippen LogP contribution in [0.15, 0.2) is 24.3 Å². The molecule has 0 saturated heterocycles. The van der Waals surface area contributed by atoms with E-state index in [2.05, 4.69) is 5.48 Å². The lowest BCUT2D eigenvalue weighted by atomic mass is 10.2. The van der Waals surface area contributed by atoms with Gasteiger partial charge in [-0.2, -0.15) is 5.48 Å². The highest BCUT2D eigenvalue weighted by Crippen LogP contribution is 2.16. The van der Waals surface area contributed by atoms with Gasteiger partial charge in [0, 0.05) is 12.5 Å². The number of amides is 1. The smallest absolute Gasteiger partial charge is 0.249 e. The molecule has 0 bridgehead atoms. The molecule has 1 amide bonds. The summed E-state index contributed by atoms with van der Waals surface area (Å²) in [7, 11) is 0. The summed E-state index contributed by atoms with van der Waals surface area (Å²) >= 11 is 0. The first-order chi connectivity index (χ1) is 6.24. The average Bonchev–Trinajstić information content (AvgIpc) is 2.15. The summed E-state index contributed by atoms with van der Waals surface area (Å²) in [6, 6.07) is 6.93. The molecule has 1 aromatic carbocycles. The number of nitrogens with one attached hydrogen (secondary N) is 1. The Labute approximate surface area is 76.1 Å². The molecule has 0 heterocycles. The van der Waals surface area contributed by atoms with Crippen LogP contribution in [-0.4, -0.2) is 11.0 Å². The monoisotopic (exact) mass is 181 g/mol. The van der Waals surface area contributed by atoms with Crippen LogP contribution in [0.3, 0.4) is 0 Å². The van der Waals surface area contributed by atoms with Crippen molar-refractivity contribution in [1.82, 2.24) is 5.48 Å². The van der Waals surface area contributed by atoms with Gasteiger partial charge >= 0.3 is 0 Å². The summed E-state index contributed by atoms with van der Waals surface area (Å²) < 4.78 is 0. The van der Waals surface area contributed by atoms with Crippen molar-refractivity contribution in [1.29, 1.82) is 0 Å². The van der Waals surface area contributed by atoms with Gasteiger partial charge in [-0.1, -0.05) is 18.2 Å². The summed E-state index contributed by atoms with van der Waals surface area (Å²) in [4.78, 5) is 15.4. The Balaban J connectivity index is 2.69. The van der Waals surface area contributed by atoms with E-state index < -0.39 is 0 Å². The summed E-state index contributed by atoms with van der Waals surface area (Å²) in [6.45, 7) is 1.23. The summed E-state index contributed by atoms with van der Waals surface area (Å²) in [6.07, 6.45) is 0. The number of hydroxylamine groups is 1. The molecular formula is C9H11NO3. The van der Waals surface area contributed by atoms with Crippen molar-refractivity contribution in [3.05, 3.63) is 29.8 Å². The van der Waals surface area contributed by atoms with Gasteiger partial charge in [0.25, 0.3) is 0 Å². The molecule has 0 aliphatic carbocycles. The molecule has 1 aromatic rings. The van der Waals surface area contributed by atoms with E-state index in [9.17, 15) is 4.79 Å². The van der Waals surface area contributed by atoms with Crippen LogP contribution in [0, 0.1) is 0 Å². The second kappa shape index (κ2) is 4.47. The standard InChI is InChI=1S/C9H11NO3/c1-7(12)10-13-9-5-3-2-4-8(9)6-11/h2-5,11H,6H2,1H3,(H,10,12). The van der Waals surface area contributed by atoms with Crippen molar-refractivity contribution < 1.29 is 14.7 Å². The number of benzene rings is 1. The molecule has 0 aromatic heterocycles. The maximum Gasteiger partial charge on any atom is 0.249 e. The summed E-state index contributed by atoms with van der Waals surface area (Å²) in [5.74, 6) is 0.174. The third-order valence-electron chi connectivity index (χ3n) is 1.45. The van der Waals surface area contributed by atoms with Crippen LogP contribution < -0.4 is 10.3 Å². The van der Waals surface area contributed by atoms with Crippen LogP contribution in [0.25, 0.3) is 0 Å². The molecular weight excluding hydrogens is 170 g/mol. The molecule has 13 heavy (non-hydrogen) atoms. The minimum atomic E-state index is -0.284. The molecule has 4 heteroatoms. The minimum Gasteiger partial charge on any atom is -0.392 e. The first-order valence-electron chi connectivity index (χ1n) is 3.86. The Bertz CT molecular complexity index is 299. The van der Waals surface area contributed by atoms with E-state index in [1.807, 2.05) is 0 Å². The molecule has 0 fully saturated rings. The maximum atomic E-state index is 10.5. The van der Waals surface area contributed by atoms with Gasteiger partial charge in [0.2, 0.25) is 5.91 Å². The number of aliphatic hydroxyl groups is 1. The lowest BCUT2D eigenvalue weighted by Gasteiger charge is -2.07. The van der Waals surface area contributed by atoms with E-state index in [4.69, 9.17) is 9.94 Å². The fourth-order valence-electron chi connectivity index (χ4n) is 0.861. The molecule has 4 nitrogen and oxygen atoms in total. The number of hydrogen-bond acceptors (Lipinski definition) is 3. The van der Waals surface area contributed by atoms with E-state index in [-0.39, 0.29) is 12.5 Å². The molecule has 0 unspecified atom stereocenters. The minimum absolute atomic E-state index is 0.115. The first-order valence-corrected chi connectivity index (χ1v) is 3.86. The fraction of sp³-hybridized carbons (Fsp3) is 0.222. The van der Waals surface area contributed by atoms with Crippen LogP contribution >= 0.6 is 0 Å². The highest BCUT2D eigenvalue weighted by molar-refractivity contribution is 5.71. The zero-order chi connectivity index (χ0) is 9.68. The topological polar surface area (TPSA) is 58.6 Å². The van der Waals surface area contributed by atoms with Gasteiger partial charge in [-0.25, -0.2) is 0 Å². The molecule has 0 spiro atoms. The van der Waals surface area contributed by atoms with Gasteiger partial charge in [0.15, 0.2) is 5.75 Å². The molecule has 0 aliphatic heterocycles.